The highest BCUT2D eigenvalue weighted by atomic mass is 15.0. The van der Waals surface area contributed by atoms with Crippen LogP contribution < -0.4 is 16.0 Å². The molecule has 3 nitrogen and oxygen atoms in total. The van der Waals surface area contributed by atoms with Crippen molar-refractivity contribution < 1.29 is 0 Å². The van der Waals surface area contributed by atoms with Crippen LogP contribution in [0.4, 0.5) is 0 Å². The molecule has 2 spiro atoms. The molecule has 0 radical (unpaired) electrons. The van der Waals surface area contributed by atoms with Gasteiger partial charge in [0.15, 0.2) is 0 Å². The van der Waals surface area contributed by atoms with E-state index in [4.69, 9.17) is 0 Å². The van der Waals surface area contributed by atoms with Crippen LogP contribution in [-0.2, 0) is 0 Å². The van der Waals surface area contributed by atoms with Crippen LogP contribution in [0, 0.1) is 117 Å². The van der Waals surface area contributed by atoms with Gasteiger partial charge < -0.3 is 16.0 Å². The van der Waals surface area contributed by atoms with Gasteiger partial charge in [0, 0.05) is 13.1 Å². The summed E-state index contributed by atoms with van der Waals surface area (Å²) in [7, 11) is 0. The van der Waals surface area contributed by atoms with E-state index >= 15 is 0 Å². The largest absolute Gasteiger partial charge is 0.317 e. The number of unbranched alkanes of at least 4 members (excludes halogenated alkanes) is 4. The maximum absolute atomic E-state index is 3.32. The highest BCUT2D eigenvalue weighted by molar-refractivity contribution is 5.01. The van der Waals surface area contributed by atoms with Crippen molar-refractivity contribution in [2.45, 2.75) is 576 Å². The molecule has 0 amide bonds. The molecule has 16 aliphatic rings. The van der Waals surface area contributed by atoms with Gasteiger partial charge in [-0.2, -0.15) is 0 Å². The molecular weight excluding hydrogens is 1400 g/mol. The van der Waals surface area contributed by atoms with Crippen LogP contribution in [0.3, 0.4) is 0 Å². The Kier molecular flexibility index (Phi) is 96.4. The van der Waals surface area contributed by atoms with Gasteiger partial charge in [-0.1, -0.05) is 512 Å². The van der Waals surface area contributed by atoms with Gasteiger partial charge in [-0.15, -0.1) is 0 Å². The Labute approximate surface area is 743 Å². The van der Waals surface area contributed by atoms with Gasteiger partial charge in [-0.25, -0.2) is 0 Å². The number of nitrogens with one attached hydrogen (secondary N) is 3. The number of piperidine rings is 2. The number of hydrogen-bond acceptors (Lipinski definition) is 3. The van der Waals surface area contributed by atoms with Crippen LogP contribution in [0.1, 0.15) is 576 Å². The first-order valence-corrected chi connectivity index (χ1v) is 53.4. The summed E-state index contributed by atoms with van der Waals surface area (Å²) < 4.78 is 0. The minimum Gasteiger partial charge on any atom is -0.317 e. The van der Waals surface area contributed by atoms with Crippen LogP contribution in [0.15, 0.2) is 0 Å². The Morgan fingerprint density at radius 1 is 0.233 bits per heavy atom. The normalized spacial score (nSPS) is 22.6. The van der Waals surface area contributed by atoms with Crippen molar-refractivity contribution in [3.8, 4) is 0 Å². The van der Waals surface area contributed by atoms with Crippen molar-refractivity contribution in [2.24, 2.45) is 117 Å². The lowest BCUT2D eigenvalue weighted by Crippen LogP contribution is -2.59. The molecule has 13 aliphatic carbocycles. The Bertz CT molecular complexity index is 1540. The third-order valence-corrected chi connectivity index (χ3v) is 27.0. The van der Waals surface area contributed by atoms with Crippen LogP contribution in [0.5, 0.6) is 0 Å². The van der Waals surface area contributed by atoms with Crippen molar-refractivity contribution in [2.75, 3.05) is 39.3 Å². The average Bonchev–Trinajstić information content (AvgIpc) is 1.18. The molecule has 0 unspecified atom stereocenters. The second kappa shape index (κ2) is 88.3. The molecule has 0 atom stereocenters. The third kappa shape index (κ3) is 94.6. The van der Waals surface area contributed by atoms with Crippen LogP contribution in [0.25, 0.3) is 0 Å². The summed E-state index contributed by atoms with van der Waals surface area (Å²) in [4.78, 5) is 0. The van der Waals surface area contributed by atoms with E-state index in [0.29, 0.717) is 0 Å². The zero-order valence-electron chi connectivity index (χ0n) is 86.0. The Morgan fingerprint density at radius 2 is 0.422 bits per heavy atom. The molecule has 3 aliphatic heterocycles. The first-order chi connectivity index (χ1) is 54.3. The van der Waals surface area contributed by atoms with Gasteiger partial charge in [0.25, 0.3) is 0 Å². The van der Waals surface area contributed by atoms with Gasteiger partial charge >= 0.3 is 0 Å². The fraction of sp³-hybridized carbons (Fsp3) is 1.00. The maximum atomic E-state index is 3.32. The smallest absolute Gasteiger partial charge is 0.00204 e. The molecule has 16 fully saturated rings. The summed E-state index contributed by atoms with van der Waals surface area (Å²) in [6.45, 7) is 75.2. The molecule has 0 aromatic carbocycles. The number of hydrogen-bond donors (Lipinski definition) is 3. The molecule has 3 heteroatoms. The van der Waals surface area contributed by atoms with E-state index in [1.165, 1.54) is 367 Å². The zero-order chi connectivity index (χ0) is 86.6. The summed E-state index contributed by atoms with van der Waals surface area (Å²) in [5.74, 6) is 18.2. The SMILES string of the molecule is C.C.CC(C)C.CC(C)C.CC1CC2(CCC2)C1.CC1CC2(CNC2)C1.CC1CCC1.CC1CCC1.CC1CCC1.CC1CCC1.CC1CCCC1.CC1CCCC1.CC1CCCCC1.CC1CCCCC1.CC1CCNCC1.CC1CCNCC1.CCC(C)C.CCC(C)C.CCC1CC1.CCC1CC1.CCCCC.CCCCC. The van der Waals surface area contributed by atoms with E-state index < -0.39 is 0 Å². The summed E-state index contributed by atoms with van der Waals surface area (Å²) >= 11 is 0. The first-order valence-electron chi connectivity index (χ1n) is 53.4. The second-order valence-corrected chi connectivity index (χ2v) is 44.2. The fourth-order valence-corrected chi connectivity index (χ4v) is 15.7. The van der Waals surface area contributed by atoms with Crippen molar-refractivity contribution in [3.63, 3.8) is 0 Å². The molecule has 0 aromatic heterocycles. The molecule has 13 saturated carbocycles. The number of rotatable bonds is 8. The lowest BCUT2D eigenvalue weighted by Gasteiger charge is -2.53. The lowest BCUT2D eigenvalue weighted by atomic mass is 9.52. The lowest BCUT2D eigenvalue weighted by molar-refractivity contribution is -0.0161. The van der Waals surface area contributed by atoms with Gasteiger partial charge in [-0.3, -0.25) is 0 Å². The van der Waals surface area contributed by atoms with E-state index in [1.807, 2.05) is 0 Å². The fourth-order valence-electron chi connectivity index (χ4n) is 15.7. The molecule has 3 N–H and O–H groups in total. The van der Waals surface area contributed by atoms with Gasteiger partial charge in [0.2, 0.25) is 0 Å². The van der Waals surface area contributed by atoms with Gasteiger partial charge in [0.1, 0.15) is 0 Å². The van der Waals surface area contributed by atoms with Crippen LogP contribution in [-0.4, -0.2) is 39.3 Å². The quantitative estimate of drug-likeness (QED) is 0.227. The molecule has 0 bridgehead atoms. The zero-order valence-corrected chi connectivity index (χ0v) is 86.0. The van der Waals surface area contributed by atoms with Crippen molar-refractivity contribution in [3.05, 3.63) is 0 Å². The predicted octanol–water partition coefficient (Wildman–Crippen LogP) is 39.1. The minimum absolute atomic E-state index is 0. The van der Waals surface area contributed by atoms with Crippen molar-refractivity contribution in [1.29, 1.82) is 0 Å². The van der Waals surface area contributed by atoms with E-state index in [2.05, 4.69) is 224 Å². The highest BCUT2D eigenvalue weighted by Crippen LogP contribution is 2.58. The topological polar surface area (TPSA) is 36.1 Å². The van der Waals surface area contributed by atoms with Gasteiger partial charge in [0.05, 0.1) is 0 Å². The standard InChI is InChI=1S/C8H14.C7H13N.2C7H14.2C6H13N.2C6H12.6C5H10.4C5H12.2C4H10.2CH4/c1-7-5-8(6-7)3-2-4-8;1-6-2-7(3-6)4-8-5-7;2*1-7-5-3-2-4-6-7;2*1-6-2-4-7-5-3-6;2*1-6-4-2-3-5-6;4*1-5-3-2-4-5;2*1-2-5-3-4-5;2*1-4-5(2)3;2*1-3-5-4-2;2*1-4(2)3;;/h7H,2-6H2,1H3;6,8H,2-5H2,1H3;2*7H,2-6H2,1H3;2*6-7H,2-5H2,1H3;2*6H,2-5H2,1H3;6*5H,2-4H2,1H3;2*5H,4H2,1-3H3;2*3-5H2,1-2H3;2*4H,1-3H3;2*1H4. The monoisotopic (exact) mass is 1640 g/mol. The molecule has 3 saturated heterocycles. The highest BCUT2D eigenvalue weighted by Gasteiger charge is 2.47. The third-order valence-electron chi connectivity index (χ3n) is 27.0. The van der Waals surface area contributed by atoms with E-state index in [-0.39, 0.29) is 14.9 Å². The summed E-state index contributed by atoms with van der Waals surface area (Å²) in [5.41, 5.74) is 1.72. The molecule has 116 heavy (non-hydrogen) atoms. The Morgan fingerprint density at radius 3 is 0.474 bits per heavy atom. The van der Waals surface area contributed by atoms with Crippen LogP contribution >= 0.6 is 0 Å². The first kappa shape index (κ1) is 127. The maximum Gasteiger partial charge on any atom is 0.00204 e. The van der Waals surface area contributed by atoms with Crippen molar-refractivity contribution >= 4 is 0 Å². The predicted molar refractivity (Wildman–Crippen MR) is 544 cm³/mol. The minimum atomic E-state index is 0. The molecular formula is C113H241N3. The van der Waals surface area contributed by atoms with E-state index in [9.17, 15) is 0 Å². The molecule has 16 rings (SSSR count). The summed E-state index contributed by atoms with van der Waals surface area (Å²) in [5, 5.41) is 9.95. The van der Waals surface area contributed by atoms with E-state index in [1.54, 1.807) is 25.7 Å². The van der Waals surface area contributed by atoms with Crippen LogP contribution in [0.2, 0.25) is 0 Å². The second-order valence-electron chi connectivity index (χ2n) is 44.2. The Hall–Kier alpha value is -0.120. The van der Waals surface area contributed by atoms with Crippen molar-refractivity contribution in [1.82, 2.24) is 16.0 Å². The molecule has 0 aromatic rings. The van der Waals surface area contributed by atoms with Gasteiger partial charge in [-0.05, 0) is 208 Å². The molecule has 708 valence electrons. The average molecular weight is 1640 g/mol. The summed E-state index contributed by atoms with van der Waals surface area (Å²) in [6, 6.07) is 0. The summed E-state index contributed by atoms with van der Waals surface area (Å²) in [6.07, 6.45) is 80.4. The Balaban J connectivity index is -0.000000275. The molecule has 3 heterocycles. The van der Waals surface area contributed by atoms with E-state index in [0.717, 1.165) is 117 Å².